The first-order valence-corrected chi connectivity index (χ1v) is 12.1. The molecule has 0 unspecified atom stereocenters. The Bertz CT molecular complexity index is 1240. The molecule has 8 nitrogen and oxygen atoms in total. The second-order valence-corrected chi connectivity index (χ2v) is 9.29. The predicted molar refractivity (Wildman–Crippen MR) is 128 cm³/mol. The SMILES string of the molecule is CCCCc1nnc(NCc2ccc(-c3ccccc3-c3nnnn3C(=O)C3CC3)cc2)s1. The molecule has 0 amide bonds. The summed E-state index contributed by atoms with van der Waals surface area (Å²) in [7, 11) is 0. The molecule has 1 saturated carbocycles. The van der Waals surface area contributed by atoms with Crippen molar-refractivity contribution in [3.8, 4) is 22.5 Å². The molecule has 1 aliphatic rings. The zero-order chi connectivity index (χ0) is 22.6. The van der Waals surface area contributed by atoms with Crippen molar-refractivity contribution < 1.29 is 4.79 Å². The standard InChI is InChI=1S/C24H25N7OS/c1-2-3-8-21-26-28-24(33-21)25-15-16-9-11-17(12-10-16)19-6-4-5-7-20(19)22-27-29-30-31(22)23(32)18-13-14-18/h4-7,9-12,18H,2-3,8,13-15H2,1H3,(H,25,28). The number of aromatic nitrogens is 6. The summed E-state index contributed by atoms with van der Waals surface area (Å²) in [6.45, 7) is 2.86. The van der Waals surface area contributed by atoms with E-state index in [1.165, 1.54) is 4.68 Å². The van der Waals surface area contributed by atoms with Gasteiger partial charge in [0.15, 0.2) is 5.82 Å². The van der Waals surface area contributed by atoms with Crippen molar-refractivity contribution in [3.63, 3.8) is 0 Å². The maximum absolute atomic E-state index is 12.6. The van der Waals surface area contributed by atoms with Crippen LogP contribution in [-0.2, 0) is 13.0 Å². The lowest BCUT2D eigenvalue weighted by Gasteiger charge is -2.10. The van der Waals surface area contributed by atoms with Crippen molar-refractivity contribution >= 4 is 22.4 Å². The minimum atomic E-state index is -0.0271. The lowest BCUT2D eigenvalue weighted by Crippen LogP contribution is -2.16. The largest absolute Gasteiger partial charge is 0.356 e. The number of rotatable bonds is 9. The average Bonchev–Trinajstić information content (AvgIpc) is 3.41. The van der Waals surface area contributed by atoms with Crippen LogP contribution in [-0.4, -0.2) is 36.3 Å². The molecule has 0 saturated heterocycles. The summed E-state index contributed by atoms with van der Waals surface area (Å²) in [4.78, 5) is 12.6. The van der Waals surface area contributed by atoms with E-state index in [0.717, 1.165) is 64.5 Å². The highest BCUT2D eigenvalue weighted by molar-refractivity contribution is 7.15. The Balaban J connectivity index is 1.32. The third kappa shape index (κ3) is 4.83. The van der Waals surface area contributed by atoms with Gasteiger partial charge in [-0.2, -0.15) is 4.68 Å². The quantitative estimate of drug-likeness (QED) is 0.357. The van der Waals surface area contributed by atoms with E-state index in [1.54, 1.807) is 11.3 Å². The molecule has 2 heterocycles. The van der Waals surface area contributed by atoms with Crippen LogP contribution in [0, 0.1) is 5.92 Å². The zero-order valence-electron chi connectivity index (χ0n) is 18.4. The molecule has 0 aliphatic heterocycles. The molecule has 5 rings (SSSR count). The summed E-state index contributed by atoms with van der Waals surface area (Å²) in [5.74, 6) is 0.506. The van der Waals surface area contributed by atoms with Gasteiger partial charge in [0.05, 0.1) is 0 Å². The fraction of sp³-hybridized carbons (Fsp3) is 0.333. The predicted octanol–water partition coefficient (Wildman–Crippen LogP) is 4.86. The summed E-state index contributed by atoms with van der Waals surface area (Å²) in [5.41, 5.74) is 4.02. The minimum absolute atomic E-state index is 0.0271. The fourth-order valence-corrected chi connectivity index (χ4v) is 4.45. The minimum Gasteiger partial charge on any atom is -0.356 e. The van der Waals surface area contributed by atoms with Gasteiger partial charge in [0, 0.05) is 24.4 Å². The fourth-order valence-electron chi connectivity index (χ4n) is 3.67. The van der Waals surface area contributed by atoms with Gasteiger partial charge in [0.1, 0.15) is 5.01 Å². The van der Waals surface area contributed by atoms with E-state index in [1.807, 2.05) is 24.3 Å². The third-order valence-corrected chi connectivity index (χ3v) is 6.63. The van der Waals surface area contributed by atoms with Gasteiger partial charge in [0.25, 0.3) is 5.91 Å². The number of nitrogens with zero attached hydrogens (tertiary/aromatic N) is 6. The van der Waals surface area contributed by atoms with Gasteiger partial charge in [-0.15, -0.1) is 15.3 Å². The van der Waals surface area contributed by atoms with E-state index in [9.17, 15) is 4.79 Å². The van der Waals surface area contributed by atoms with Gasteiger partial charge in [-0.1, -0.05) is 73.2 Å². The van der Waals surface area contributed by atoms with Gasteiger partial charge in [-0.3, -0.25) is 4.79 Å². The van der Waals surface area contributed by atoms with Crippen LogP contribution in [0.5, 0.6) is 0 Å². The van der Waals surface area contributed by atoms with Gasteiger partial charge in [-0.05, 0) is 46.4 Å². The highest BCUT2D eigenvalue weighted by Gasteiger charge is 2.33. The van der Waals surface area contributed by atoms with Crippen LogP contribution in [0.4, 0.5) is 5.13 Å². The maximum Gasteiger partial charge on any atom is 0.253 e. The van der Waals surface area contributed by atoms with E-state index >= 15 is 0 Å². The molecule has 4 aromatic rings. The summed E-state index contributed by atoms with van der Waals surface area (Å²) in [6.07, 6.45) is 5.10. The van der Waals surface area contributed by atoms with Gasteiger partial charge < -0.3 is 5.32 Å². The van der Waals surface area contributed by atoms with Crippen LogP contribution in [0.3, 0.4) is 0 Å². The average molecular weight is 460 g/mol. The number of unbranched alkanes of at least 4 members (excludes halogenated alkanes) is 1. The highest BCUT2D eigenvalue weighted by Crippen LogP contribution is 2.34. The number of aryl methyl sites for hydroxylation is 1. The number of carbonyl (C=O) groups excluding carboxylic acids is 1. The normalized spacial score (nSPS) is 13.2. The van der Waals surface area contributed by atoms with Crippen molar-refractivity contribution in [2.75, 3.05) is 5.32 Å². The number of anilines is 1. The Morgan fingerprint density at radius 3 is 2.61 bits per heavy atom. The maximum atomic E-state index is 12.6. The van der Waals surface area contributed by atoms with Crippen molar-refractivity contribution in [2.45, 2.75) is 45.6 Å². The van der Waals surface area contributed by atoms with E-state index < -0.39 is 0 Å². The van der Waals surface area contributed by atoms with Gasteiger partial charge >= 0.3 is 0 Å². The van der Waals surface area contributed by atoms with Crippen LogP contribution < -0.4 is 5.32 Å². The molecule has 1 N–H and O–H groups in total. The number of nitrogens with one attached hydrogen (secondary N) is 1. The second kappa shape index (κ2) is 9.58. The lowest BCUT2D eigenvalue weighted by atomic mass is 9.98. The van der Waals surface area contributed by atoms with E-state index in [4.69, 9.17) is 0 Å². The second-order valence-electron chi connectivity index (χ2n) is 8.23. The molecule has 0 atom stereocenters. The summed E-state index contributed by atoms with van der Waals surface area (Å²) < 4.78 is 1.35. The molecule has 0 radical (unpaired) electrons. The monoisotopic (exact) mass is 459 g/mol. The number of hydrogen-bond acceptors (Lipinski definition) is 8. The van der Waals surface area contributed by atoms with Crippen LogP contribution in [0.1, 0.15) is 48.0 Å². The molecule has 1 aliphatic carbocycles. The molecule has 0 bridgehead atoms. The van der Waals surface area contributed by atoms with Crippen molar-refractivity contribution in [1.29, 1.82) is 0 Å². The molecule has 9 heteroatoms. The molecule has 168 valence electrons. The first-order chi connectivity index (χ1) is 16.2. The molecular weight excluding hydrogens is 434 g/mol. The van der Waals surface area contributed by atoms with Crippen LogP contribution in [0.25, 0.3) is 22.5 Å². The first kappa shape index (κ1) is 21.4. The molecule has 2 aromatic carbocycles. The van der Waals surface area contributed by atoms with Crippen molar-refractivity contribution in [3.05, 3.63) is 59.1 Å². The highest BCUT2D eigenvalue weighted by atomic mass is 32.1. The molecule has 0 spiro atoms. The van der Waals surface area contributed by atoms with E-state index in [0.29, 0.717) is 12.4 Å². The Kier molecular flexibility index (Phi) is 6.21. The van der Waals surface area contributed by atoms with Gasteiger partial charge in [-0.25, -0.2) is 0 Å². The molecule has 2 aromatic heterocycles. The van der Waals surface area contributed by atoms with Crippen LogP contribution in [0.15, 0.2) is 48.5 Å². The summed E-state index contributed by atoms with van der Waals surface area (Å²) >= 11 is 1.62. The zero-order valence-corrected chi connectivity index (χ0v) is 19.3. The van der Waals surface area contributed by atoms with Gasteiger partial charge in [0.2, 0.25) is 5.13 Å². The lowest BCUT2D eigenvalue weighted by molar-refractivity contribution is 0.0870. The Hall–Kier alpha value is -3.46. The molecule has 1 fully saturated rings. The summed E-state index contributed by atoms with van der Waals surface area (Å²) in [5, 5.41) is 25.7. The Labute approximate surface area is 196 Å². The number of hydrogen-bond donors (Lipinski definition) is 1. The molecular formula is C24H25N7OS. The van der Waals surface area contributed by atoms with Crippen molar-refractivity contribution in [1.82, 2.24) is 30.4 Å². The van der Waals surface area contributed by atoms with Crippen LogP contribution in [0.2, 0.25) is 0 Å². The summed E-state index contributed by atoms with van der Waals surface area (Å²) in [6, 6.07) is 16.3. The third-order valence-electron chi connectivity index (χ3n) is 5.69. The Morgan fingerprint density at radius 1 is 1.06 bits per heavy atom. The number of tetrazole rings is 1. The molecule has 33 heavy (non-hydrogen) atoms. The van der Waals surface area contributed by atoms with Crippen LogP contribution >= 0.6 is 11.3 Å². The van der Waals surface area contributed by atoms with E-state index in [-0.39, 0.29) is 11.8 Å². The number of benzene rings is 2. The first-order valence-electron chi connectivity index (χ1n) is 11.3. The topological polar surface area (TPSA) is 98.5 Å². The number of carbonyl (C=O) groups is 1. The van der Waals surface area contributed by atoms with E-state index in [2.05, 4.69) is 62.2 Å². The smallest absolute Gasteiger partial charge is 0.253 e. The Morgan fingerprint density at radius 2 is 1.85 bits per heavy atom. The van der Waals surface area contributed by atoms with Crippen molar-refractivity contribution in [2.24, 2.45) is 5.92 Å².